The topological polar surface area (TPSA) is 69.6 Å². The Bertz CT molecular complexity index is 525. The first kappa shape index (κ1) is 15.1. The fourth-order valence-corrected chi connectivity index (χ4v) is 2.70. The van der Waals surface area contributed by atoms with Crippen molar-refractivity contribution in [3.05, 3.63) is 27.3 Å². The number of carbonyl (C=O) groups excluding carboxylic acids is 1. The zero-order chi connectivity index (χ0) is 14.7. The van der Waals surface area contributed by atoms with Crippen molar-refractivity contribution in [1.82, 2.24) is 4.90 Å². The van der Waals surface area contributed by atoms with Gasteiger partial charge in [-0.05, 0) is 59.5 Å². The van der Waals surface area contributed by atoms with E-state index < -0.39 is 5.97 Å². The number of benzene rings is 1. The maximum absolute atomic E-state index is 12.2. The molecule has 1 heterocycles. The minimum absolute atomic E-state index is 0.121. The molecule has 1 aliphatic rings. The Labute approximate surface area is 131 Å². The Kier molecular flexibility index (Phi) is 4.85. The largest absolute Gasteiger partial charge is 0.478 e. The molecule has 6 heteroatoms. The molecule has 0 unspecified atom stereocenters. The Balaban J connectivity index is 2.10. The van der Waals surface area contributed by atoms with Crippen molar-refractivity contribution in [2.45, 2.75) is 19.8 Å². The molecule has 0 spiro atoms. The van der Waals surface area contributed by atoms with E-state index in [0.717, 1.165) is 29.5 Å². The highest BCUT2D eigenvalue weighted by Crippen LogP contribution is 2.21. The highest BCUT2D eigenvalue weighted by Gasteiger charge is 2.21. The number of rotatable bonds is 2. The first-order valence-corrected chi connectivity index (χ1v) is 7.64. The molecule has 1 fully saturated rings. The van der Waals surface area contributed by atoms with Gasteiger partial charge in [0, 0.05) is 16.7 Å². The number of carboxylic acids is 1. The average Bonchev–Trinajstić information content (AvgIpc) is 2.41. The smallest absolute Gasteiger partial charge is 0.337 e. The van der Waals surface area contributed by atoms with Gasteiger partial charge in [0.15, 0.2) is 0 Å². The van der Waals surface area contributed by atoms with Gasteiger partial charge in [0.1, 0.15) is 0 Å². The predicted molar refractivity (Wildman–Crippen MR) is 85.1 cm³/mol. The van der Waals surface area contributed by atoms with Crippen LogP contribution in [-0.2, 0) is 0 Å². The minimum atomic E-state index is -1.04. The molecule has 0 aliphatic carbocycles. The molecular formula is C14H17IN2O3. The standard InChI is InChI=1S/C14H17IN2O3/c1-9-4-6-17(7-5-9)14(20)16-12-3-2-10(15)8-11(12)13(18)19/h2-3,8-9H,4-7H2,1H3,(H,16,20)(H,18,19). The average molecular weight is 388 g/mol. The number of urea groups is 1. The van der Waals surface area contributed by atoms with Gasteiger partial charge in [-0.25, -0.2) is 9.59 Å². The van der Waals surface area contributed by atoms with Crippen molar-refractivity contribution in [2.75, 3.05) is 18.4 Å². The van der Waals surface area contributed by atoms with Gasteiger partial charge in [-0.1, -0.05) is 6.92 Å². The van der Waals surface area contributed by atoms with Crippen LogP contribution in [0.4, 0.5) is 10.5 Å². The van der Waals surface area contributed by atoms with Gasteiger partial charge in [-0.15, -0.1) is 0 Å². The molecule has 20 heavy (non-hydrogen) atoms. The van der Waals surface area contributed by atoms with Crippen molar-refractivity contribution < 1.29 is 14.7 Å². The summed E-state index contributed by atoms with van der Waals surface area (Å²) in [6.07, 6.45) is 1.98. The molecule has 5 nitrogen and oxygen atoms in total. The zero-order valence-corrected chi connectivity index (χ0v) is 13.4. The normalized spacial score (nSPS) is 16.0. The van der Waals surface area contributed by atoms with Crippen molar-refractivity contribution >= 4 is 40.3 Å². The zero-order valence-electron chi connectivity index (χ0n) is 11.2. The number of carbonyl (C=O) groups is 2. The number of likely N-dealkylation sites (tertiary alicyclic amines) is 1. The maximum atomic E-state index is 12.2. The van der Waals surface area contributed by atoms with Crippen LogP contribution in [0.15, 0.2) is 18.2 Å². The first-order chi connectivity index (χ1) is 9.47. The Hall–Kier alpha value is -1.31. The molecule has 0 radical (unpaired) electrons. The summed E-state index contributed by atoms with van der Waals surface area (Å²) in [6, 6.07) is 4.74. The second-order valence-corrected chi connectivity index (χ2v) is 6.34. The summed E-state index contributed by atoms with van der Waals surface area (Å²) in [7, 11) is 0. The van der Waals surface area contributed by atoms with E-state index in [1.807, 2.05) is 22.6 Å². The van der Waals surface area contributed by atoms with Gasteiger partial charge < -0.3 is 15.3 Å². The molecule has 0 aromatic heterocycles. The van der Waals surface area contributed by atoms with Crippen LogP contribution in [-0.4, -0.2) is 35.1 Å². The summed E-state index contributed by atoms with van der Waals surface area (Å²) in [6.45, 7) is 3.62. The molecule has 2 N–H and O–H groups in total. The number of nitrogens with one attached hydrogen (secondary N) is 1. The SMILES string of the molecule is CC1CCN(C(=O)Nc2ccc(I)cc2C(=O)O)CC1. The molecule has 1 aromatic rings. The number of hydrogen-bond acceptors (Lipinski definition) is 2. The van der Waals surface area contributed by atoms with E-state index in [0.29, 0.717) is 11.6 Å². The van der Waals surface area contributed by atoms with Crippen LogP contribution in [0, 0.1) is 9.49 Å². The van der Waals surface area contributed by atoms with E-state index in [2.05, 4.69) is 12.2 Å². The fourth-order valence-electron chi connectivity index (χ4n) is 2.21. The Morgan fingerprint density at radius 2 is 2.00 bits per heavy atom. The van der Waals surface area contributed by atoms with Crippen LogP contribution < -0.4 is 5.32 Å². The lowest BCUT2D eigenvalue weighted by molar-refractivity contribution is 0.0698. The summed E-state index contributed by atoms with van der Waals surface area (Å²) in [5.74, 6) is -0.391. The van der Waals surface area contributed by atoms with Crippen LogP contribution in [0.5, 0.6) is 0 Å². The van der Waals surface area contributed by atoms with Gasteiger partial charge in [0.2, 0.25) is 0 Å². The molecule has 2 rings (SSSR count). The number of anilines is 1. The van der Waals surface area contributed by atoms with Crippen LogP contribution >= 0.6 is 22.6 Å². The van der Waals surface area contributed by atoms with Gasteiger partial charge in [-0.3, -0.25) is 0 Å². The maximum Gasteiger partial charge on any atom is 0.337 e. The summed E-state index contributed by atoms with van der Waals surface area (Å²) in [4.78, 5) is 25.1. The number of nitrogens with zero attached hydrogens (tertiary/aromatic N) is 1. The summed E-state index contributed by atoms with van der Waals surface area (Å²) in [5.41, 5.74) is 0.470. The van der Waals surface area contributed by atoms with Gasteiger partial charge >= 0.3 is 12.0 Å². The van der Waals surface area contributed by atoms with E-state index in [-0.39, 0.29) is 11.6 Å². The number of piperidine rings is 1. The number of hydrogen-bond donors (Lipinski definition) is 2. The van der Waals surface area contributed by atoms with E-state index in [4.69, 9.17) is 0 Å². The summed E-state index contributed by atoms with van der Waals surface area (Å²) >= 11 is 2.05. The van der Waals surface area contributed by atoms with Crippen molar-refractivity contribution in [3.63, 3.8) is 0 Å². The lowest BCUT2D eigenvalue weighted by atomic mass is 10.00. The monoisotopic (exact) mass is 388 g/mol. The second-order valence-electron chi connectivity index (χ2n) is 5.09. The van der Waals surface area contributed by atoms with Gasteiger partial charge in [-0.2, -0.15) is 0 Å². The minimum Gasteiger partial charge on any atom is -0.478 e. The highest BCUT2D eigenvalue weighted by molar-refractivity contribution is 14.1. The fraction of sp³-hybridized carbons (Fsp3) is 0.429. The summed E-state index contributed by atoms with van der Waals surface area (Å²) < 4.78 is 0.824. The third kappa shape index (κ3) is 3.62. The molecule has 1 saturated heterocycles. The number of halogens is 1. The molecular weight excluding hydrogens is 371 g/mol. The van der Waals surface area contributed by atoms with Crippen molar-refractivity contribution in [1.29, 1.82) is 0 Å². The van der Waals surface area contributed by atoms with Gasteiger partial charge in [0.25, 0.3) is 0 Å². The first-order valence-electron chi connectivity index (χ1n) is 6.56. The van der Waals surface area contributed by atoms with Crippen LogP contribution in [0.1, 0.15) is 30.1 Å². The lowest BCUT2D eigenvalue weighted by Crippen LogP contribution is -2.40. The third-order valence-electron chi connectivity index (χ3n) is 3.52. The molecule has 0 atom stereocenters. The molecule has 0 saturated carbocycles. The molecule has 1 aromatic carbocycles. The Morgan fingerprint density at radius 1 is 1.35 bits per heavy atom. The Morgan fingerprint density at radius 3 is 2.60 bits per heavy atom. The van der Waals surface area contributed by atoms with Crippen LogP contribution in [0.3, 0.4) is 0 Å². The van der Waals surface area contributed by atoms with Crippen LogP contribution in [0.2, 0.25) is 0 Å². The highest BCUT2D eigenvalue weighted by atomic mass is 127. The van der Waals surface area contributed by atoms with E-state index in [1.165, 1.54) is 0 Å². The second kappa shape index (κ2) is 6.43. The molecule has 2 amide bonds. The molecule has 1 aliphatic heterocycles. The van der Waals surface area contributed by atoms with Crippen LogP contribution in [0.25, 0.3) is 0 Å². The predicted octanol–water partition coefficient (Wildman–Crippen LogP) is 3.25. The summed E-state index contributed by atoms with van der Waals surface area (Å²) in [5, 5.41) is 11.9. The van der Waals surface area contributed by atoms with E-state index >= 15 is 0 Å². The number of carboxylic acid groups (broad SMARTS) is 1. The van der Waals surface area contributed by atoms with Crippen molar-refractivity contribution in [2.24, 2.45) is 5.92 Å². The molecule has 108 valence electrons. The lowest BCUT2D eigenvalue weighted by Gasteiger charge is -2.30. The number of aromatic carboxylic acids is 1. The van der Waals surface area contributed by atoms with Gasteiger partial charge in [0.05, 0.1) is 11.3 Å². The van der Waals surface area contributed by atoms with E-state index in [9.17, 15) is 14.7 Å². The molecule has 0 bridgehead atoms. The van der Waals surface area contributed by atoms with E-state index in [1.54, 1.807) is 23.1 Å². The quantitative estimate of drug-likeness (QED) is 0.765. The number of amides is 2. The van der Waals surface area contributed by atoms with Crippen molar-refractivity contribution in [3.8, 4) is 0 Å². The third-order valence-corrected chi connectivity index (χ3v) is 4.20.